The fraction of sp³-hybridized carbons (Fsp3) is 0.217. The fourth-order valence-electron chi connectivity index (χ4n) is 2.63. The van der Waals surface area contributed by atoms with Crippen LogP contribution in [-0.2, 0) is 16.2 Å². The first-order chi connectivity index (χ1) is 15.1. The molecule has 3 aromatic rings. The molecule has 0 saturated heterocycles. The average molecular weight is 439 g/mol. The number of pyridine rings is 1. The van der Waals surface area contributed by atoms with Crippen molar-refractivity contribution in [3.63, 3.8) is 0 Å². The third-order valence-corrected chi connectivity index (χ3v) is 4.45. The van der Waals surface area contributed by atoms with E-state index in [0.29, 0.717) is 17.9 Å². The molecular formula is C23H22FN3O5. The van der Waals surface area contributed by atoms with Gasteiger partial charge < -0.3 is 9.57 Å². The predicted molar refractivity (Wildman–Crippen MR) is 115 cm³/mol. The molecule has 0 spiro atoms. The van der Waals surface area contributed by atoms with Crippen LogP contribution in [0.1, 0.15) is 26.3 Å². The monoisotopic (exact) mass is 439 g/mol. The highest BCUT2D eigenvalue weighted by atomic mass is 19.1. The Morgan fingerprint density at radius 2 is 1.84 bits per heavy atom. The second kappa shape index (κ2) is 9.52. The molecule has 0 aliphatic heterocycles. The molecule has 1 aromatic heterocycles. The van der Waals surface area contributed by atoms with Gasteiger partial charge in [-0.3, -0.25) is 15.1 Å². The Morgan fingerprint density at radius 3 is 2.47 bits per heavy atom. The molecule has 0 amide bonds. The van der Waals surface area contributed by atoms with Gasteiger partial charge in [0.05, 0.1) is 22.9 Å². The number of nitro benzene ring substituents is 1. The molecule has 1 N–H and O–H groups in total. The van der Waals surface area contributed by atoms with Gasteiger partial charge in [0, 0.05) is 24.0 Å². The molecule has 32 heavy (non-hydrogen) atoms. The largest absolute Gasteiger partial charge is 0.454 e. The summed E-state index contributed by atoms with van der Waals surface area (Å²) < 4.78 is 19.9. The van der Waals surface area contributed by atoms with E-state index in [1.807, 2.05) is 24.3 Å². The second-order valence-electron chi connectivity index (χ2n) is 8.00. The maximum absolute atomic E-state index is 14.2. The van der Waals surface area contributed by atoms with Crippen LogP contribution in [0.3, 0.4) is 0 Å². The Balaban J connectivity index is 1.73. The van der Waals surface area contributed by atoms with Crippen LogP contribution in [0.5, 0.6) is 11.5 Å². The summed E-state index contributed by atoms with van der Waals surface area (Å²) in [6, 6.07) is 12.1. The van der Waals surface area contributed by atoms with Crippen LogP contribution in [0.15, 0.2) is 60.9 Å². The van der Waals surface area contributed by atoms with E-state index < -0.39 is 16.2 Å². The van der Waals surface area contributed by atoms with Crippen molar-refractivity contribution in [2.45, 2.75) is 27.3 Å². The zero-order valence-corrected chi connectivity index (χ0v) is 17.8. The highest BCUT2D eigenvalue weighted by Gasteiger charge is 2.23. The lowest BCUT2D eigenvalue weighted by molar-refractivity contribution is -0.385. The molecule has 0 aliphatic rings. The highest BCUT2D eigenvalue weighted by molar-refractivity contribution is 5.75. The van der Waals surface area contributed by atoms with E-state index in [1.54, 1.807) is 33.0 Å². The van der Waals surface area contributed by atoms with Gasteiger partial charge in [0.15, 0.2) is 11.6 Å². The lowest BCUT2D eigenvalue weighted by Crippen LogP contribution is -2.29. The summed E-state index contributed by atoms with van der Waals surface area (Å²) in [5.41, 5.74) is 3.96. The van der Waals surface area contributed by atoms with Gasteiger partial charge >= 0.3 is 5.97 Å². The van der Waals surface area contributed by atoms with Gasteiger partial charge in [0.2, 0.25) is 0 Å². The van der Waals surface area contributed by atoms with Gasteiger partial charge in [-0.15, -0.1) is 5.48 Å². The number of nitrogens with zero attached hydrogens (tertiary/aromatic N) is 2. The molecular weight excluding hydrogens is 417 g/mol. The van der Waals surface area contributed by atoms with E-state index in [-0.39, 0.29) is 17.4 Å². The minimum Gasteiger partial charge on any atom is -0.454 e. The smallest absolute Gasteiger partial charge is 0.329 e. The van der Waals surface area contributed by atoms with E-state index in [4.69, 9.17) is 9.57 Å². The van der Waals surface area contributed by atoms with Crippen LogP contribution in [0.4, 0.5) is 10.1 Å². The number of nitrogens with one attached hydrogen (secondary N) is 1. The summed E-state index contributed by atoms with van der Waals surface area (Å²) in [5, 5.41) is 10.8. The number of hydroxylamine groups is 1. The summed E-state index contributed by atoms with van der Waals surface area (Å²) >= 11 is 0. The van der Waals surface area contributed by atoms with E-state index >= 15 is 0 Å². The SMILES string of the molecule is CC(C)(C)C(=O)ONCc1ccc(-c2cnccc2Oc2ccc([N+](=O)[O-])cc2F)cc1. The van der Waals surface area contributed by atoms with Crippen LogP contribution in [0.2, 0.25) is 0 Å². The van der Waals surface area contributed by atoms with E-state index in [2.05, 4.69) is 10.5 Å². The summed E-state index contributed by atoms with van der Waals surface area (Å²) in [4.78, 5) is 31.1. The maximum Gasteiger partial charge on any atom is 0.329 e. The predicted octanol–water partition coefficient (Wildman–Crippen LogP) is 5.18. The Labute approximate surface area is 184 Å². The Hall–Kier alpha value is -3.85. The summed E-state index contributed by atoms with van der Waals surface area (Å²) in [6.07, 6.45) is 3.08. The number of hydrogen-bond acceptors (Lipinski definition) is 7. The summed E-state index contributed by atoms with van der Waals surface area (Å²) in [7, 11) is 0. The van der Waals surface area contributed by atoms with E-state index in [9.17, 15) is 19.3 Å². The number of halogens is 1. The lowest BCUT2D eigenvalue weighted by Gasteiger charge is -2.16. The van der Waals surface area contributed by atoms with E-state index in [1.165, 1.54) is 18.3 Å². The number of carbonyl (C=O) groups is 1. The Bertz CT molecular complexity index is 1130. The lowest BCUT2D eigenvalue weighted by atomic mass is 9.98. The first-order valence-electron chi connectivity index (χ1n) is 9.74. The van der Waals surface area contributed by atoms with Crippen molar-refractivity contribution in [3.8, 4) is 22.6 Å². The van der Waals surface area contributed by atoms with Gasteiger partial charge in [-0.05, 0) is 44.0 Å². The zero-order valence-electron chi connectivity index (χ0n) is 17.8. The molecule has 0 aliphatic carbocycles. The number of rotatable bonds is 7. The molecule has 0 atom stereocenters. The van der Waals surface area contributed by atoms with Crippen LogP contribution in [0.25, 0.3) is 11.1 Å². The van der Waals surface area contributed by atoms with Crippen LogP contribution >= 0.6 is 0 Å². The molecule has 1 heterocycles. The van der Waals surface area contributed by atoms with Crippen molar-refractivity contribution in [1.29, 1.82) is 0 Å². The van der Waals surface area contributed by atoms with Crippen molar-refractivity contribution in [2.75, 3.05) is 0 Å². The molecule has 0 unspecified atom stereocenters. The number of ether oxygens (including phenoxy) is 1. The normalized spacial score (nSPS) is 11.1. The average Bonchev–Trinajstić information content (AvgIpc) is 2.75. The topological polar surface area (TPSA) is 104 Å². The Morgan fingerprint density at radius 1 is 1.12 bits per heavy atom. The van der Waals surface area contributed by atoms with E-state index in [0.717, 1.165) is 17.2 Å². The zero-order chi connectivity index (χ0) is 23.3. The van der Waals surface area contributed by atoms with Crippen molar-refractivity contribution in [1.82, 2.24) is 10.5 Å². The third kappa shape index (κ3) is 5.64. The minimum atomic E-state index is -0.840. The third-order valence-electron chi connectivity index (χ3n) is 4.45. The van der Waals surface area contributed by atoms with Crippen molar-refractivity contribution >= 4 is 11.7 Å². The second-order valence-corrected chi connectivity index (χ2v) is 8.00. The number of non-ortho nitro benzene ring substituents is 1. The first kappa shape index (κ1) is 22.8. The van der Waals surface area contributed by atoms with Crippen molar-refractivity contribution in [2.24, 2.45) is 5.41 Å². The number of carbonyl (C=O) groups excluding carboxylic acids is 1. The Kier molecular flexibility index (Phi) is 6.79. The molecule has 166 valence electrons. The molecule has 0 fully saturated rings. The highest BCUT2D eigenvalue weighted by Crippen LogP contribution is 2.34. The van der Waals surface area contributed by atoms with Crippen LogP contribution in [-0.4, -0.2) is 15.9 Å². The number of benzene rings is 2. The molecule has 9 heteroatoms. The minimum absolute atomic E-state index is 0.135. The molecule has 0 bridgehead atoms. The standard InChI is InChI=1S/C23H22FN3O5/c1-23(2,3)22(28)32-26-13-15-4-6-16(7-5-15)18-14-25-11-10-20(18)31-21-9-8-17(27(29)30)12-19(21)24/h4-12,14,26H,13H2,1-3H3. The molecule has 0 saturated carbocycles. The fourth-order valence-corrected chi connectivity index (χ4v) is 2.63. The molecule has 8 nitrogen and oxygen atoms in total. The first-order valence-corrected chi connectivity index (χ1v) is 9.74. The van der Waals surface area contributed by atoms with Gasteiger partial charge in [-0.25, -0.2) is 9.18 Å². The van der Waals surface area contributed by atoms with Crippen LogP contribution < -0.4 is 10.2 Å². The van der Waals surface area contributed by atoms with Crippen LogP contribution in [0, 0.1) is 21.3 Å². The number of aromatic nitrogens is 1. The molecule has 0 radical (unpaired) electrons. The molecule has 3 rings (SSSR count). The summed E-state index contributed by atoms with van der Waals surface area (Å²) in [6.45, 7) is 5.62. The summed E-state index contributed by atoms with van der Waals surface area (Å²) in [5.74, 6) is -0.986. The van der Waals surface area contributed by atoms with Gasteiger partial charge in [-0.2, -0.15) is 0 Å². The van der Waals surface area contributed by atoms with Gasteiger partial charge in [-0.1, -0.05) is 24.3 Å². The van der Waals surface area contributed by atoms with Gasteiger partial charge in [0.1, 0.15) is 5.75 Å². The van der Waals surface area contributed by atoms with Crippen molar-refractivity contribution in [3.05, 3.63) is 82.4 Å². The number of nitro groups is 1. The quantitative estimate of drug-likeness (QED) is 0.399. The van der Waals surface area contributed by atoms with Crippen molar-refractivity contribution < 1.29 is 23.7 Å². The number of hydrogen-bond donors (Lipinski definition) is 1. The maximum atomic E-state index is 14.2. The van der Waals surface area contributed by atoms with Gasteiger partial charge in [0.25, 0.3) is 5.69 Å². The molecule has 2 aromatic carbocycles.